The van der Waals surface area contributed by atoms with Crippen LogP contribution in [0.2, 0.25) is 0 Å². The Morgan fingerprint density at radius 1 is 0.724 bits per heavy atom. The summed E-state index contributed by atoms with van der Waals surface area (Å²) in [5.74, 6) is -12.1. The molecule has 1 rings (SSSR count). The first-order valence-corrected chi connectivity index (χ1v) is 10.1. The molecular formula is C21H31F5O3. The van der Waals surface area contributed by atoms with Crippen LogP contribution in [0.5, 0.6) is 0 Å². The van der Waals surface area contributed by atoms with Gasteiger partial charge in [-0.15, -0.1) is 0 Å². The van der Waals surface area contributed by atoms with Crippen LogP contribution in [0.1, 0.15) is 70.3 Å². The van der Waals surface area contributed by atoms with Crippen LogP contribution in [-0.2, 0) is 15.9 Å². The highest BCUT2D eigenvalue weighted by atomic mass is 19.2. The van der Waals surface area contributed by atoms with Crippen LogP contribution in [0.25, 0.3) is 0 Å². The van der Waals surface area contributed by atoms with Gasteiger partial charge >= 0.3 is 0 Å². The van der Waals surface area contributed by atoms with Crippen LogP contribution in [0.15, 0.2) is 0 Å². The van der Waals surface area contributed by atoms with Gasteiger partial charge in [-0.25, -0.2) is 22.0 Å². The smallest absolute Gasteiger partial charge is 0.282 e. The second-order valence-electron chi connectivity index (χ2n) is 7.23. The van der Waals surface area contributed by atoms with Gasteiger partial charge in [0.25, 0.3) is 5.97 Å². The van der Waals surface area contributed by atoms with Crippen LogP contribution in [-0.4, -0.2) is 25.3 Å². The maximum Gasteiger partial charge on any atom is 0.282 e. The largest absolute Gasteiger partial charge is 0.343 e. The number of aliphatic hydroxyl groups is 1. The van der Waals surface area contributed by atoms with Gasteiger partial charge in [0.2, 0.25) is 5.82 Å². The number of methoxy groups -OCH3 is 2. The Labute approximate surface area is 169 Å². The Bertz CT molecular complexity index is 606. The molecule has 0 aliphatic rings. The molecule has 0 bridgehead atoms. The molecule has 0 radical (unpaired) electrons. The van der Waals surface area contributed by atoms with Crippen molar-refractivity contribution in [2.45, 2.75) is 77.1 Å². The molecule has 0 aromatic heterocycles. The van der Waals surface area contributed by atoms with Gasteiger partial charge in [0.1, 0.15) is 0 Å². The van der Waals surface area contributed by atoms with Gasteiger partial charge in [-0.1, -0.05) is 45.4 Å². The number of hydrogen-bond acceptors (Lipinski definition) is 3. The van der Waals surface area contributed by atoms with Crippen LogP contribution < -0.4 is 0 Å². The van der Waals surface area contributed by atoms with E-state index in [4.69, 9.17) is 9.47 Å². The van der Waals surface area contributed by atoms with Crippen LogP contribution in [0.3, 0.4) is 0 Å². The van der Waals surface area contributed by atoms with E-state index in [-0.39, 0.29) is 19.3 Å². The van der Waals surface area contributed by atoms with Gasteiger partial charge in [-0.05, 0) is 25.7 Å². The summed E-state index contributed by atoms with van der Waals surface area (Å²) in [4.78, 5) is 0. The zero-order valence-electron chi connectivity index (χ0n) is 17.3. The fourth-order valence-electron chi connectivity index (χ4n) is 3.49. The van der Waals surface area contributed by atoms with Crippen molar-refractivity contribution in [3.05, 3.63) is 34.6 Å². The van der Waals surface area contributed by atoms with Crippen molar-refractivity contribution in [1.82, 2.24) is 0 Å². The fourth-order valence-corrected chi connectivity index (χ4v) is 3.49. The van der Waals surface area contributed by atoms with E-state index in [1.807, 2.05) is 0 Å². The van der Waals surface area contributed by atoms with Crippen LogP contribution in [0.4, 0.5) is 22.0 Å². The van der Waals surface area contributed by atoms with Crippen LogP contribution in [0, 0.1) is 35.0 Å². The van der Waals surface area contributed by atoms with Crippen molar-refractivity contribution in [3.8, 4) is 0 Å². The first-order chi connectivity index (χ1) is 13.7. The number of benzene rings is 1. The predicted molar refractivity (Wildman–Crippen MR) is 99.6 cm³/mol. The minimum absolute atomic E-state index is 0.0912. The van der Waals surface area contributed by atoms with E-state index in [1.165, 1.54) is 14.2 Å². The van der Waals surface area contributed by atoms with Gasteiger partial charge in [-0.2, -0.15) is 0 Å². The zero-order chi connectivity index (χ0) is 22.0. The Hall–Kier alpha value is -1.25. The van der Waals surface area contributed by atoms with Gasteiger partial charge < -0.3 is 14.6 Å². The van der Waals surface area contributed by atoms with E-state index in [0.717, 1.165) is 38.5 Å². The summed E-state index contributed by atoms with van der Waals surface area (Å²) in [5, 5.41) is 10.5. The molecule has 29 heavy (non-hydrogen) atoms. The Morgan fingerprint density at radius 2 is 1.17 bits per heavy atom. The van der Waals surface area contributed by atoms with E-state index >= 15 is 0 Å². The standard InChI is InChI=1S/C21H31F5O3/c1-4-5-6-7-8-9-11-14(21(27,28-2)29-3)12-10-13-15-16(22)18(24)20(26)19(25)17(15)23/h14,27H,4-13H2,1-3H3. The normalized spacial score (nSPS) is 13.1. The van der Waals surface area contributed by atoms with E-state index in [1.54, 1.807) is 0 Å². The third kappa shape index (κ3) is 6.89. The quantitative estimate of drug-likeness (QED) is 0.130. The van der Waals surface area contributed by atoms with E-state index < -0.39 is 46.5 Å². The highest BCUT2D eigenvalue weighted by molar-refractivity contribution is 5.24. The van der Waals surface area contributed by atoms with Gasteiger partial charge in [0.05, 0.1) is 0 Å². The molecule has 0 amide bonds. The molecule has 1 aromatic rings. The first-order valence-electron chi connectivity index (χ1n) is 10.1. The maximum atomic E-state index is 13.8. The summed E-state index contributed by atoms with van der Waals surface area (Å²) in [6.07, 6.45) is 6.73. The van der Waals surface area contributed by atoms with Gasteiger partial charge in [0.15, 0.2) is 23.3 Å². The molecule has 0 heterocycles. The lowest BCUT2D eigenvalue weighted by atomic mass is 9.91. The van der Waals surface area contributed by atoms with Crippen molar-refractivity contribution in [2.24, 2.45) is 5.92 Å². The van der Waals surface area contributed by atoms with Crippen molar-refractivity contribution >= 4 is 0 Å². The lowest BCUT2D eigenvalue weighted by Gasteiger charge is -2.33. The minimum Gasteiger partial charge on any atom is -0.343 e. The average molecular weight is 426 g/mol. The molecule has 0 saturated carbocycles. The third-order valence-corrected chi connectivity index (χ3v) is 5.29. The van der Waals surface area contributed by atoms with Crippen molar-refractivity contribution in [1.29, 1.82) is 0 Å². The summed E-state index contributed by atoms with van der Waals surface area (Å²) in [7, 11) is 2.56. The average Bonchev–Trinajstić information content (AvgIpc) is 2.73. The Morgan fingerprint density at radius 3 is 1.69 bits per heavy atom. The lowest BCUT2D eigenvalue weighted by molar-refractivity contribution is -0.369. The van der Waals surface area contributed by atoms with E-state index in [0.29, 0.717) is 6.42 Å². The van der Waals surface area contributed by atoms with Crippen LogP contribution >= 0.6 is 0 Å². The number of rotatable bonds is 14. The molecule has 168 valence electrons. The fraction of sp³-hybridized carbons (Fsp3) is 0.714. The lowest BCUT2D eigenvalue weighted by Crippen LogP contribution is -2.42. The monoisotopic (exact) mass is 426 g/mol. The molecule has 1 unspecified atom stereocenters. The summed E-state index contributed by atoms with van der Waals surface area (Å²) in [6.45, 7) is 2.12. The number of ether oxygens (including phenoxy) is 2. The molecule has 0 aliphatic heterocycles. The molecular weight excluding hydrogens is 395 g/mol. The molecule has 0 aliphatic carbocycles. The summed E-state index contributed by atoms with van der Waals surface area (Å²) in [6, 6.07) is 0. The highest BCUT2D eigenvalue weighted by Crippen LogP contribution is 2.31. The molecule has 1 aromatic carbocycles. The van der Waals surface area contributed by atoms with E-state index in [9.17, 15) is 27.1 Å². The van der Waals surface area contributed by atoms with Gasteiger partial charge in [-0.3, -0.25) is 0 Å². The molecule has 1 N–H and O–H groups in total. The molecule has 3 nitrogen and oxygen atoms in total. The SMILES string of the molecule is CCCCCCCCC(CCCc1c(F)c(F)c(F)c(F)c1F)C(O)(OC)OC. The molecule has 8 heteroatoms. The predicted octanol–water partition coefficient (Wildman–Crippen LogP) is 6.01. The zero-order valence-corrected chi connectivity index (χ0v) is 17.3. The third-order valence-electron chi connectivity index (χ3n) is 5.29. The maximum absolute atomic E-state index is 13.8. The summed E-state index contributed by atoms with van der Waals surface area (Å²) in [5.41, 5.74) is -0.849. The first kappa shape index (κ1) is 25.8. The Balaban J connectivity index is 2.76. The number of halogens is 5. The second kappa shape index (κ2) is 12.4. The summed E-state index contributed by atoms with van der Waals surface area (Å²) < 4.78 is 77.6. The molecule has 0 saturated heterocycles. The molecule has 0 spiro atoms. The topological polar surface area (TPSA) is 38.7 Å². The number of hydrogen-bond donors (Lipinski definition) is 1. The molecule has 1 atom stereocenters. The van der Waals surface area contributed by atoms with Crippen molar-refractivity contribution in [3.63, 3.8) is 0 Å². The number of unbranched alkanes of at least 4 members (excludes halogenated alkanes) is 5. The second-order valence-corrected chi connectivity index (χ2v) is 7.23. The highest BCUT2D eigenvalue weighted by Gasteiger charge is 2.36. The Kier molecular flexibility index (Phi) is 11.1. The summed E-state index contributed by atoms with van der Waals surface area (Å²) >= 11 is 0. The van der Waals surface area contributed by atoms with Gasteiger partial charge in [0, 0.05) is 25.7 Å². The van der Waals surface area contributed by atoms with Crippen molar-refractivity contribution in [2.75, 3.05) is 14.2 Å². The van der Waals surface area contributed by atoms with E-state index in [2.05, 4.69) is 6.92 Å². The van der Waals surface area contributed by atoms with Crippen molar-refractivity contribution < 1.29 is 36.5 Å². The minimum atomic E-state index is -2.17. The molecule has 0 fully saturated rings.